The predicted octanol–water partition coefficient (Wildman–Crippen LogP) is 1.61. The molecular formula is C17H38IN5O. The third kappa shape index (κ3) is 11.4. The average Bonchev–Trinajstić information content (AvgIpc) is 2.60. The van der Waals surface area contributed by atoms with Crippen LogP contribution in [0.25, 0.3) is 0 Å². The second kappa shape index (κ2) is 16.4. The van der Waals surface area contributed by atoms with Gasteiger partial charge in [0.05, 0.1) is 0 Å². The van der Waals surface area contributed by atoms with Crippen molar-refractivity contribution in [3.63, 3.8) is 0 Å². The van der Waals surface area contributed by atoms with Crippen LogP contribution in [-0.2, 0) is 4.74 Å². The number of unbranched alkanes of at least 4 members (excludes halogenated alkanes) is 1. The van der Waals surface area contributed by atoms with Gasteiger partial charge in [0.2, 0.25) is 0 Å². The number of likely N-dealkylation sites (N-methyl/N-ethyl adjacent to an activating group) is 1. The van der Waals surface area contributed by atoms with Gasteiger partial charge in [-0.25, -0.2) is 0 Å². The van der Waals surface area contributed by atoms with Crippen LogP contribution in [0.15, 0.2) is 4.99 Å². The SMILES string of the molecule is CCOCCCNC(=NC)NCCCCN1CCN(CC)CC1.I. The Morgan fingerprint density at radius 3 is 2.17 bits per heavy atom. The fraction of sp³-hybridized carbons (Fsp3) is 0.941. The number of halogens is 1. The second-order valence-electron chi connectivity index (χ2n) is 5.96. The van der Waals surface area contributed by atoms with Gasteiger partial charge in [0.1, 0.15) is 0 Å². The topological polar surface area (TPSA) is 52.1 Å². The molecular weight excluding hydrogens is 417 g/mol. The molecule has 1 fully saturated rings. The number of nitrogens with one attached hydrogen (secondary N) is 2. The van der Waals surface area contributed by atoms with Crippen LogP contribution in [0.1, 0.15) is 33.1 Å². The maximum Gasteiger partial charge on any atom is 0.190 e. The number of hydrogen-bond donors (Lipinski definition) is 2. The number of ether oxygens (including phenoxy) is 1. The first-order chi connectivity index (χ1) is 11.3. The van der Waals surface area contributed by atoms with Crippen molar-refractivity contribution in [2.45, 2.75) is 33.1 Å². The molecule has 0 spiro atoms. The highest BCUT2D eigenvalue weighted by Gasteiger charge is 2.14. The fourth-order valence-corrected chi connectivity index (χ4v) is 2.74. The molecule has 0 aromatic rings. The van der Waals surface area contributed by atoms with E-state index in [0.29, 0.717) is 0 Å². The van der Waals surface area contributed by atoms with Gasteiger partial charge in [-0.15, -0.1) is 24.0 Å². The molecule has 1 rings (SSSR count). The van der Waals surface area contributed by atoms with Gasteiger partial charge in [-0.1, -0.05) is 6.92 Å². The highest BCUT2D eigenvalue weighted by atomic mass is 127. The normalized spacial score (nSPS) is 16.7. The number of rotatable bonds is 11. The summed E-state index contributed by atoms with van der Waals surface area (Å²) in [7, 11) is 1.82. The van der Waals surface area contributed by atoms with Gasteiger partial charge in [0, 0.05) is 59.5 Å². The largest absolute Gasteiger partial charge is 0.382 e. The van der Waals surface area contributed by atoms with Crippen LogP contribution in [0.4, 0.5) is 0 Å². The van der Waals surface area contributed by atoms with E-state index in [9.17, 15) is 0 Å². The van der Waals surface area contributed by atoms with Crippen LogP contribution < -0.4 is 10.6 Å². The summed E-state index contributed by atoms with van der Waals surface area (Å²) in [4.78, 5) is 9.37. The molecule has 0 atom stereocenters. The molecule has 0 bridgehead atoms. The third-order valence-electron chi connectivity index (χ3n) is 4.29. The van der Waals surface area contributed by atoms with E-state index in [4.69, 9.17) is 4.74 Å². The first-order valence-corrected chi connectivity index (χ1v) is 9.27. The molecule has 144 valence electrons. The maximum absolute atomic E-state index is 5.33. The van der Waals surface area contributed by atoms with E-state index in [2.05, 4.69) is 32.3 Å². The number of piperazine rings is 1. The molecule has 1 aliphatic heterocycles. The molecule has 2 N–H and O–H groups in total. The molecule has 1 heterocycles. The summed E-state index contributed by atoms with van der Waals surface area (Å²) in [6, 6.07) is 0. The van der Waals surface area contributed by atoms with E-state index in [-0.39, 0.29) is 24.0 Å². The van der Waals surface area contributed by atoms with Gasteiger partial charge >= 0.3 is 0 Å². The first kappa shape index (κ1) is 23.9. The van der Waals surface area contributed by atoms with Crippen molar-refractivity contribution in [1.29, 1.82) is 0 Å². The standard InChI is InChI=1S/C17H37N5O.HI/c1-4-21-12-14-22(15-13-21)11-7-6-9-19-17(18-3)20-10-8-16-23-5-2;/h4-16H2,1-3H3,(H2,18,19,20);1H. The maximum atomic E-state index is 5.33. The molecule has 0 aromatic carbocycles. The molecule has 1 saturated heterocycles. The molecule has 0 radical (unpaired) electrons. The van der Waals surface area contributed by atoms with Gasteiger partial charge in [0.15, 0.2) is 5.96 Å². The Kier molecular flexibility index (Phi) is 16.3. The summed E-state index contributed by atoms with van der Waals surface area (Å²) in [6.07, 6.45) is 3.45. The van der Waals surface area contributed by atoms with E-state index < -0.39 is 0 Å². The molecule has 24 heavy (non-hydrogen) atoms. The lowest BCUT2D eigenvalue weighted by molar-refractivity contribution is 0.136. The minimum atomic E-state index is 0. The lowest BCUT2D eigenvalue weighted by Crippen LogP contribution is -2.46. The van der Waals surface area contributed by atoms with E-state index in [1.807, 2.05) is 14.0 Å². The number of aliphatic imine (C=N–C) groups is 1. The van der Waals surface area contributed by atoms with Crippen molar-refractivity contribution < 1.29 is 4.74 Å². The lowest BCUT2D eigenvalue weighted by Gasteiger charge is -2.34. The van der Waals surface area contributed by atoms with Crippen molar-refractivity contribution >= 4 is 29.9 Å². The predicted molar refractivity (Wildman–Crippen MR) is 114 cm³/mol. The Hall–Kier alpha value is -0.120. The molecule has 0 amide bonds. The smallest absolute Gasteiger partial charge is 0.190 e. The highest BCUT2D eigenvalue weighted by molar-refractivity contribution is 14.0. The number of guanidine groups is 1. The third-order valence-corrected chi connectivity index (χ3v) is 4.29. The molecule has 7 heteroatoms. The fourth-order valence-electron chi connectivity index (χ4n) is 2.74. The Bertz CT molecular complexity index is 309. The zero-order valence-corrected chi connectivity index (χ0v) is 18.2. The molecule has 6 nitrogen and oxygen atoms in total. The Morgan fingerprint density at radius 2 is 1.58 bits per heavy atom. The summed E-state index contributed by atoms with van der Waals surface area (Å²) in [5, 5.41) is 6.71. The van der Waals surface area contributed by atoms with Crippen LogP contribution in [0.2, 0.25) is 0 Å². The van der Waals surface area contributed by atoms with Gasteiger partial charge in [0.25, 0.3) is 0 Å². The van der Waals surface area contributed by atoms with Crippen LogP contribution >= 0.6 is 24.0 Å². The van der Waals surface area contributed by atoms with Gasteiger partial charge in [-0.05, 0) is 39.3 Å². The van der Waals surface area contributed by atoms with Crippen LogP contribution in [0, 0.1) is 0 Å². The average molecular weight is 455 g/mol. The van der Waals surface area contributed by atoms with Crippen molar-refractivity contribution in [3.8, 4) is 0 Å². The number of nitrogens with zero attached hydrogens (tertiary/aromatic N) is 3. The molecule has 0 saturated carbocycles. The van der Waals surface area contributed by atoms with Crippen LogP contribution in [0.3, 0.4) is 0 Å². The lowest BCUT2D eigenvalue weighted by atomic mass is 10.2. The quantitative estimate of drug-likeness (QED) is 0.215. The van der Waals surface area contributed by atoms with E-state index in [0.717, 1.165) is 38.7 Å². The van der Waals surface area contributed by atoms with Gasteiger partial charge < -0.3 is 25.2 Å². The molecule has 1 aliphatic rings. The molecule has 0 aromatic heterocycles. The highest BCUT2D eigenvalue weighted by Crippen LogP contribution is 2.02. The van der Waals surface area contributed by atoms with Crippen LogP contribution in [0.5, 0.6) is 0 Å². The van der Waals surface area contributed by atoms with Crippen molar-refractivity contribution in [2.75, 3.05) is 72.6 Å². The van der Waals surface area contributed by atoms with E-state index in [1.165, 1.54) is 52.1 Å². The summed E-state index contributed by atoms with van der Waals surface area (Å²) >= 11 is 0. The van der Waals surface area contributed by atoms with Gasteiger partial charge in [-0.2, -0.15) is 0 Å². The molecule has 0 unspecified atom stereocenters. The first-order valence-electron chi connectivity index (χ1n) is 9.27. The van der Waals surface area contributed by atoms with Crippen molar-refractivity contribution in [3.05, 3.63) is 0 Å². The zero-order chi connectivity index (χ0) is 16.8. The van der Waals surface area contributed by atoms with E-state index >= 15 is 0 Å². The minimum Gasteiger partial charge on any atom is -0.382 e. The Morgan fingerprint density at radius 1 is 0.958 bits per heavy atom. The van der Waals surface area contributed by atoms with Crippen molar-refractivity contribution in [1.82, 2.24) is 20.4 Å². The summed E-state index contributed by atoms with van der Waals surface area (Å²) in [6.45, 7) is 15.1. The Labute approximate surface area is 165 Å². The summed E-state index contributed by atoms with van der Waals surface area (Å²) in [5.41, 5.74) is 0. The van der Waals surface area contributed by atoms with Gasteiger partial charge in [-0.3, -0.25) is 4.99 Å². The Balaban J connectivity index is 0.00000529. The summed E-state index contributed by atoms with van der Waals surface area (Å²) in [5.74, 6) is 0.901. The molecule has 0 aliphatic carbocycles. The number of hydrogen-bond acceptors (Lipinski definition) is 4. The van der Waals surface area contributed by atoms with E-state index in [1.54, 1.807) is 0 Å². The van der Waals surface area contributed by atoms with Crippen LogP contribution in [-0.4, -0.2) is 88.4 Å². The second-order valence-corrected chi connectivity index (χ2v) is 5.96. The summed E-state index contributed by atoms with van der Waals surface area (Å²) < 4.78 is 5.33. The zero-order valence-electron chi connectivity index (χ0n) is 15.9. The van der Waals surface area contributed by atoms with Crippen molar-refractivity contribution in [2.24, 2.45) is 4.99 Å². The minimum absolute atomic E-state index is 0. The monoisotopic (exact) mass is 455 g/mol.